The number of primary amides is 1. The molecule has 0 aliphatic carbocycles. The van der Waals surface area contributed by atoms with Crippen LogP contribution in [0, 0.1) is 0 Å². The van der Waals surface area contributed by atoms with Gasteiger partial charge < -0.3 is 10.5 Å². The van der Waals surface area contributed by atoms with Crippen LogP contribution < -0.4 is 21.6 Å². The molecule has 0 atom stereocenters. The van der Waals surface area contributed by atoms with Gasteiger partial charge in [0.05, 0.1) is 12.8 Å². The fourth-order valence-corrected chi connectivity index (χ4v) is 8.27. The first-order valence-electron chi connectivity index (χ1n) is 10.2. The second-order valence-electron chi connectivity index (χ2n) is 7.12. The quantitative estimate of drug-likeness (QED) is 0.394. The molecule has 0 fully saturated rings. The van der Waals surface area contributed by atoms with Crippen molar-refractivity contribution in [3.05, 3.63) is 91.0 Å². The molecule has 0 bridgehead atoms. The lowest BCUT2D eigenvalue weighted by atomic mass is 10.2. The molecule has 0 heterocycles. The largest absolute Gasteiger partial charge is 0.450 e. The second-order valence-corrected chi connectivity index (χ2v) is 10.7. The van der Waals surface area contributed by atoms with Gasteiger partial charge in [-0.1, -0.05) is 54.6 Å². The zero-order valence-electron chi connectivity index (χ0n) is 16.7. The summed E-state index contributed by atoms with van der Waals surface area (Å²) in [6.45, 7) is 0.408. The van der Waals surface area contributed by atoms with E-state index in [1.165, 1.54) is 15.9 Å². The molecule has 0 saturated heterocycles. The van der Waals surface area contributed by atoms with Gasteiger partial charge in [-0.05, 0) is 62.1 Å². The average molecular weight is 406 g/mol. The van der Waals surface area contributed by atoms with Crippen molar-refractivity contribution in [1.82, 2.24) is 0 Å². The molecule has 3 aromatic carbocycles. The van der Waals surface area contributed by atoms with E-state index in [1.807, 2.05) is 0 Å². The van der Waals surface area contributed by atoms with Crippen LogP contribution in [0.5, 0.6) is 0 Å². The van der Waals surface area contributed by atoms with Crippen LogP contribution in [-0.4, -0.2) is 18.9 Å². The van der Waals surface area contributed by atoms with Crippen molar-refractivity contribution in [2.75, 3.05) is 12.8 Å². The van der Waals surface area contributed by atoms with Crippen molar-refractivity contribution in [2.24, 2.45) is 5.73 Å². The van der Waals surface area contributed by atoms with E-state index in [9.17, 15) is 4.79 Å². The SMILES string of the molecule is NC(=O)OCCCCCC[P+](c1ccccc1)(c1ccccc1)c1ccccc1. The van der Waals surface area contributed by atoms with Gasteiger partial charge in [-0.15, -0.1) is 0 Å². The zero-order valence-corrected chi connectivity index (χ0v) is 17.6. The van der Waals surface area contributed by atoms with Crippen molar-refractivity contribution in [2.45, 2.75) is 25.7 Å². The normalized spacial score (nSPS) is 11.2. The molecule has 0 unspecified atom stereocenters. The van der Waals surface area contributed by atoms with Crippen LogP contribution in [0.2, 0.25) is 0 Å². The Bertz CT molecular complexity index is 772. The van der Waals surface area contributed by atoms with E-state index in [1.54, 1.807) is 0 Å². The summed E-state index contributed by atoms with van der Waals surface area (Å²) in [7, 11) is -1.73. The highest BCUT2D eigenvalue weighted by Gasteiger charge is 2.44. The lowest BCUT2D eigenvalue weighted by molar-refractivity contribution is 0.154. The smallest absolute Gasteiger partial charge is 0.404 e. The van der Waals surface area contributed by atoms with Gasteiger partial charge in [0, 0.05) is 0 Å². The highest BCUT2D eigenvalue weighted by molar-refractivity contribution is 7.95. The lowest BCUT2D eigenvalue weighted by Gasteiger charge is -2.27. The van der Waals surface area contributed by atoms with Gasteiger partial charge in [0.25, 0.3) is 0 Å². The first-order chi connectivity index (χ1) is 14.2. The Labute approximate surface area is 174 Å². The molecule has 29 heavy (non-hydrogen) atoms. The molecule has 0 aromatic heterocycles. The van der Waals surface area contributed by atoms with E-state index in [0.29, 0.717) is 6.61 Å². The molecule has 0 spiro atoms. The summed E-state index contributed by atoms with van der Waals surface area (Å²) in [5.41, 5.74) is 5.03. The number of hydrogen-bond acceptors (Lipinski definition) is 2. The fraction of sp³-hybridized carbons (Fsp3) is 0.240. The fourth-order valence-electron chi connectivity index (χ4n) is 3.86. The first kappa shape index (κ1) is 21.1. The van der Waals surface area contributed by atoms with Crippen LogP contribution in [0.4, 0.5) is 4.79 Å². The van der Waals surface area contributed by atoms with Crippen LogP contribution in [0.25, 0.3) is 0 Å². The van der Waals surface area contributed by atoms with Crippen LogP contribution in [0.1, 0.15) is 25.7 Å². The summed E-state index contributed by atoms with van der Waals surface area (Å²) in [5, 5.41) is 4.28. The van der Waals surface area contributed by atoms with Crippen LogP contribution in [0.3, 0.4) is 0 Å². The number of carbonyl (C=O) groups excluding carboxylic acids is 1. The third kappa shape index (κ3) is 5.46. The first-order valence-corrected chi connectivity index (χ1v) is 12.2. The highest BCUT2D eigenvalue weighted by atomic mass is 31.2. The molecule has 3 aromatic rings. The molecular weight excluding hydrogens is 377 g/mol. The molecule has 0 aliphatic rings. The molecule has 150 valence electrons. The molecule has 4 heteroatoms. The molecule has 1 amide bonds. The summed E-state index contributed by atoms with van der Waals surface area (Å²) >= 11 is 0. The van der Waals surface area contributed by atoms with E-state index in [2.05, 4.69) is 91.0 Å². The van der Waals surface area contributed by atoms with E-state index in [-0.39, 0.29) is 0 Å². The summed E-state index contributed by atoms with van der Waals surface area (Å²) in [5.74, 6) is 0. The topological polar surface area (TPSA) is 52.3 Å². The van der Waals surface area contributed by atoms with E-state index in [4.69, 9.17) is 10.5 Å². The Hall–Kier alpha value is -2.64. The third-order valence-corrected chi connectivity index (χ3v) is 9.75. The number of benzene rings is 3. The molecule has 3 rings (SSSR count). The number of ether oxygens (including phenoxy) is 1. The zero-order chi connectivity index (χ0) is 20.4. The highest BCUT2D eigenvalue weighted by Crippen LogP contribution is 2.55. The maximum atomic E-state index is 10.7. The van der Waals surface area contributed by atoms with Gasteiger partial charge >= 0.3 is 6.09 Å². The summed E-state index contributed by atoms with van der Waals surface area (Å²) in [6.07, 6.45) is 4.57. The van der Waals surface area contributed by atoms with Crippen molar-refractivity contribution in [1.29, 1.82) is 0 Å². The van der Waals surface area contributed by atoms with Crippen LogP contribution >= 0.6 is 7.26 Å². The van der Waals surface area contributed by atoms with Gasteiger partial charge in [0.2, 0.25) is 0 Å². The number of unbranched alkanes of at least 4 members (excludes halogenated alkanes) is 3. The van der Waals surface area contributed by atoms with Crippen LogP contribution in [-0.2, 0) is 4.74 Å². The Morgan fingerprint density at radius 1 is 0.655 bits per heavy atom. The Morgan fingerprint density at radius 2 is 1.07 bits per heavy atom. The number of amides is 1. The van der Waals surface area contributed by atoms with Crippen molar-refractivity contribution < 1.29 is 9.53 Å². The molecular formula is C25H29NO2P+. The Balaban J connectivity index is 1.86. The molecule has 3 nitrogen and oxygen atoms in total. The number of carbonyl (C=O) groups is 1. The predicted molar refractivity (Wildman–Crippen MR) is 124 cm³/mol. The Morgan fingerprint density at radius 3 is 1.48 bits per heavy atom. The van der Waals surface area contributed by atoms with Crippen molar-refractivity contribution in [3.63, 3.8) is 0 Å². The van der Waals surface area contributed by atoms with E-state index < -0.39 is 13.4 Å². The molecule has 0 aliphatic heterocycles. The maximum Gasteiger partial charge on any atom is 0.404 e. The monoisotopic (exact) mass is 406 g/mol. The summed E-state index contributed by atoms with van der Waals surface area (Å²) in [4.78, 5) is 10.7. The van der Waals surface area contributed by atoms with Gasteiger partial charge in [0.15, 0.2) is 0 Å². The predicted octanol–water partition coefficient (Wildman–Crippen LogP) is 4.64. The average Bonchev–Trinajstić information content (AvgIpc) is 2.77. The minimum absolute atomic E-state index is 0.408. The van der Waals surface area contributed by atoms with Crippen molar-refractivity contribution in [3.8, 4) is 0 Å². The Kier molecular flexibility index (Phi) is 7.84. The van der Waals surface area contributed by atoms with Gasteiger partial charge in [-0.2, -0.15) is 0 Å². The minimum Gasteiger partial charge on any atom is -0.450 e. The van der Waals surface area contributed by atoms with Crippen molar-refractivity contribution >= 4 is 29.3 Å². The minimum atomic E-state index is -1.73. The lowest BCUT2D eigenvalue weighted by Crippen LogP contribution is -2.33. The summed E-state index contributed by atoms with van der Waals surface area (Å²) in [6, 6.07) is 32.9. The molecule has 0 radical (unpaired) electrons. The molecule has 0 saturated carbocycles. The third-order valence-electron chi connectivity index (χ3n) is 5.22. The number of nitrogens with two attached hydrogens (primary N) is 1. The van der Waals surface area contributed by atoms with E-state index in [0.717, 1.165) is 31.8 Å². The number of rotatable bonds is 10. The number of hydrogen-bond donors (Lipinski definition) is 1. The maximum absolute atomic E-state index is 10.7. The van der Waals surface area contributed by atoms with E-state index >= 15 is 0 Å². The molecule has 2 N–H and O–H groups in total. The summed E-state index contributed by atoms with van der Waals surface area (Å²) < 4.78 is 4.84. The van der Waals surface area contributed by atoms with Crippen LogP contribution in [0.15, 0.2) is 91.0 Å². The standard InChI is InChI=1S/C25H28NO2P/c26-25(27)28-20-12-1-2-13-21-29(22-14-6-3-7-15-22,23-16-8-4-9-17-23)24-18-10-5-11-19-24/h3-11,14-19H,1-2,12-13,20-21H2,(H-,26,27)/p+1. The second kappa shape index (κ2) is 10.8. The van der Waals surface area contributed by atoms with Gasteiger partial charge in [-0.3, -0.25) is 0 Å². The van der Waals surface area contributed by atoms with Gasteiger partial charge in [-0.25, -0.2) is 4.79 Å². The van der Waals surface area contributed by atoms with Gasteiger partial charge in [0.1, 0.15) is 23.2 Å².